The highest BCUT2D eigenvalue weighted by Crippen LogP contribution is 2.61. The van der Waals surface area contributed by atoms with Crippen molar-refractivity contribution in [1.29, 1.82) is 0 Å². The molecule has 1 atom stereocenters. The highest BCUT2D eigenvalue weighted by molar-refractivity contribution is 6.05. The molecule has 0 spiro atoms. The average molecular weight is 393 g/mol. The van der Waals surface area contributed by atoms with Crippen molar-refractivity contribution in [2.75, 3.05) is 33.2 Å². The van der Waals surface area contributed by atoms with Crippen molar-refractivity contribution in [2.45, 2.75) is 44.8 Å². The first kappa shape index (κ1) is 18.1. The number of rotatable bonds is 3. The maximum absolute atomic E-state index is 14.2. The zero-order chi connectivity index (χ0) is 19.6. The van der Waals surface area contributed by atoms with Crippen LogP contribution in [-0.4, -0.2) is 55.0 Å². The number of carbonyl (C=O) groups excluding carboxylic acids is 1. The minimum atomic E-state index is -0.223. The number of piperazine rings is 1. The molecule has 5 fully saturated rings. The van der Waals surface area contributed by atoms with Gasteiger partial charge in [-0.25, -0.2) is 0 Å². The first-order valence-electron chi connectivity index (χ1n) is 11.5. The fraction of sp³-hybridized carbons (Fsp3) is 0.640. The monoisotopic (exact) mass is 392 g/mol. The van der Waals surface area contributed by atoms with E-state index in [1.807, 2.05) is 18.2 Å². The molecule has 4 nitrogen and oxygen atoms in total. The summed E-state index contributed by atoms with van der Waals surface area (Å²) in [6.07, 6.45) is 9.40. The van der Waals surface area contributed by atoms with Crippen LogP contribution in [0.15, 0.2) is 29.8 Å². The molecule has 4 heteroatoms. The highest BCUT2D eigenvalue weighted by Gasteiger charge is 2.56. The van der Waals surface area contributed by atoms with Crippen LogP contribution in [0.5, 0.6) is 5.75 Å². The lowest BCUT2D eigenvalue weighted by Gasteiger charge is -2.56. The largest absolute Gasteiger partial charge is 0.470 e. The number of hydrogen-bond acceptors (Lipinski definition) is 4. The second-order valence-corrected chi connectivity index (χ2v) is 10.5. The van der Waals surface area contributed by atoms with Gasteiger partial charge in [0.05, 0.1) is 5.57 Å². The van der Waals surface area contributed by atoms with Crippen LogP contribution >= 0.6 is 0 Å². The molecule has 29 heavy (non-hydrogen) atoms. The van der Waals surface area contributed by atoms with E-state index in [0.717, 1.165) is 80.1 Å². The molecule has 1 aromatic rings. The molecule has 4 saturated carbocycles. The van der Waals surface area contributed by atoms with E-state index >= 15 is 0 Å². The van der Waals surface area contributed by atoms with Gasteiger partial charge in [0.2, 0.25) is 0 Å². The Labute approximate surface area is 173 Å². The fourth-order valence-electron chi connectivity index (χ4n) is 7.33. The number of benzene rings is 1. The molecule has 6 aliphatic rings. The van der Waals surface area contributed by atoms with Crippen LogP contribution in [-0.2, 0) is 4.79 Å². The lowest BCUT2D eigenvalue weighted by atomic mass is 9.48. The van der Waals surface area contributed by atoms with Crippen LogP contribution in [0.25, 0.3) is 6.08 Å². The van der Waals surface area contributed by atoms with E-state index in [0.29, 0.717) is 5.78 Å². The van der Waals surface area contributed by atoms with Gasteiger partial charge >= 0.3 is 0 Å². The first-order valence-corrected chi connectivity index (χ1v) is 11.5. The molecule has 7 rings (SSSR count). The summed E-state index contributed by atoms with van der Waals surface area (Å²) in [6.45, 7) is 3.96. The molecule has 1 unspecified atom stereocenters. The normalized spacial score (nSPS) is 39.0. The number of likely N-dealkylation sites (N-methyl/N-ethyl adjacent to an activating group) is 1. The van der Waals surface area contributed by atoms with Crippen LogP contribution in [0.2, 0.25) is 0 Å². The summed E-state index contributed by atoms with van der Waals surface area (Å²) in [5.41, 5.74) is 1.88. The molecule has 0 aromatic heterocycles. The SMILES string of the molecule is CN1CCN(C2Oc3ccccc3C=C2C(=O)C23CC4CC(CC(C4)C2)C3)CC1. The molecule has 0 amide bonds. The Hall–Kier alpha value is -1.65. The predicted molar refractivity (Wildman–Crippen MR) is 114 cm³/mol. The van der Waals surface area contributed by atoms with Gasteiger partial charge in [0.15, 0.2) is 12.0 Å². The second kappa shape index (κ2) is 6.68. The molecule has 0 N–H and O–H groups in total. The molecular formula is C25H32N2O2. The Balaban J connectivity index is 1.37. The van der Waals surface area contributed by atoms with Crippen LogP contribution in [0.4, 0.5) is 0 Å². The van der Waals surface area contributed by atoms with Crippen molar-refractivity contribution in [3.8, 4) is 5.75 Å². The van der Waals surface area contributed by atoms with Crippen LogP contribution in [0.3, 0.4) is 0 Å². The molecule has 1 saturated heterocycles. The lowest BCUT2D eigenvalue weighted by Crippen LogP contribution is -2.56. The number of Topliss-reactive ketones (excluding diaryl/α,β-unsaturated/α-hetero) is 1. The minimum Gasteiger partial charge on any atom is -0.470 e. The van der Waals surface area contributed by atoms with Gasteiger partial charge in [-0.05, 0) is 75.5 Å². The standard InChI is InChI=1S/C25H32N2O2/c1-26-6-8-27(9-7-26)24-21(13-20-4-2-3-5-22(20)29-24)23(28)25-14-17-10-18(15-25)12-19(11-17)16-25/h2-5,13,17-19,24H,6-12,14-16H2,1H3. The smallest absolute Gasteiger partial charge is 0.182 e. The third-order valence-electron chi connectivity index (χ3n) is 8.39. The Morgan fingerprint density at radius 3 is 2.24 bits per heavy atom. The minimum absolute atomic E-state index is 0.110. The molecule has 2 heterocycles. The van der Waals surface area contributed by atoms with Gasteiger partial charge in [-0.15, -0.1) is 0 Å². The number of carbonyl (C=O) groups is 1. The number of ether oxygens (including phenoxy) is 1. The Kier molecular flexibility index (Phi) is 4.18. The summed E-state index contributed by atoms with van der Waals surface area (Å²) >= 11 is 0. The third-order valence-corrected chi connectivity index (χ3v) is 8.39. The van der Waals surface area contributed by atoms with Crippen molar-refractivity contribution in [3.63, 3.8) is 0 Å². The summed E-state index contributed by atoms with van der Waals surface area (Å²) in [5.74, 6) is 3.67. The summed E-state index contributed by atoms with van der Waals surface area (Å²) in [5, 5.41) is 0. The van der Waals surface area contributed by atoms with Crippen molar-refractivity contribution in [2.24, 2.45) is 23.2 Å². The van der Waals surface area contributed by atoms with Gasteiger partial charge in [0.25, 0.3) is 0 Å². The van der Waals surface area contributed by atoms with Crippen LogP contribution < -0.4 is 4.74 Å². The maximum atomic E-state index is 14.2. The Morgan fingerprint density at radius 2 is 1.59 bits per heavy atom. The fourth-order valence-corrected chi connectivity index (χ4v) is 7.33. The average Bonchev–Trinajstić information content (AvgIpc) is 2.72. The molecule has 1 aromatic carbocycles. The van der Waals surface area contributed by atoms with E-state index in [9.17, 15) is 4.79 Å². The molecule has 4 bridgehead atoms. The van der Waals surface area contributed by atoms with Crippen LogP contribution in [0.1, 0.15) is 44.1 Å². The topological polar surface area (TPSA) is 32.8 Å². The number of fused-ring (bicyclic) bond motifs is 1. The van der Waals surface area contributed by atoms with E-state index in [-0.39, 0.29) is 11.6 Å². The Bertz CT molecular complexity index is 817. The van der Waals surface area contributed by atoms with Crippen molar-refractivity contribution in [3.05, 3.63) is 35.4 Å². The highest BCUT2D eigenvalue weighted by atomic mass is 16.5. The first-order chi connectivity index (χ1) is 14.1. The number of para-hydroxylation sites is 1. The van der Waals surface area contributed by atoms with Crippen molar-refractivity contribution in [1.82, 2.24) is 9.80 Å². The summed E-state index contributed by atoms with van der Waals surface area (Å²) < 4.78 is 6.52. The second-order valence-electron chi connectivity index (χ2n) is 10.5. The summed E-state index contributed by atoms with van der Waals surface area (Å²) in [6, 6.07) is 8.20. The quantitative estimate of drug-likeness (QED) is 0.783. The number of nitrogens with zero attached hydrogens (tertiary/aromatic N) is 2. The van der Waals surface area contributed by atoms with Crippen molar-refractivity contribution >= 4 is 11.9 Å². The zero-order valence-corrected chi connectivity index (χ0v) is 17.5. The third kappa shape index (κ3) is 2.98. The Morgan fingerprint density at radius 1 is 0.966 bits per heavy atom. The van der Waals surface area contributed by atoms with E-state index in [1.54, 1.807) is 0 Å². The molecule has 2 aliphatic heterocycles. The lowest BCUT2D eigenvalue weighted by molar-refractivity contribution is -0.142. The molecule has 154 valence electrons. The van der Waals surface area contributed by atoms with Gasteiger partial charge in [-0.2, -0.15) is 0 Å². The molecular weight excluding hydrogens is 360 g/mol. The van der Waals surface area contributed by atoms with E-state index in [4.69, 9.17) is 4.74 Å². The molecule has 0 radical (unpaired) electrons. The number of hydrogen-bond donors (Lipinski definition) is 0. The molecule has 4 aliphatic carbocycles. The van der Waals surface area contributed by atoms with Gasteiger partial charge in [0.1, 0.15) is 5.75 Å². The van der Waals surface area contributed by atoms with Gasteiger partial charge < -0.3 is 9.64 Å². The number of ketones is 1. The van der Waals surface area contributed by atoms with E-state index in [1.165, 1.54) is 19.3 Å². The maximum Gasteiger partial charge on any atom is 0.182 e. The van der Waals surface area contributed by atoms with Crippen molar-refractivity contribution < 1.29 is 9.53 Å². The summed E-state index contributed by atoms with van der Waals surface area (Å²) in [7, 11) is 2.17. The van der Waals surface area contributed by atoms with Gasteiger partial charge in [-0.3, -0.25) is 9.69 Å². The van der Waals surface area contributed by atoms with Gasteiger partial charge in [-0.1, -0.05) is 18.2 Å². The van der Waals surface area contributed by atoms with E-state index < -0.39 is 0 Å². The van der Waals surface area contributed by atoms with E-state index in [2.05, 4.69) is 29.0 Å². The zero-order valence-electron chi connectivity index (χ0n) is 17.5. The van der Waals surface area contributed by atoms with Crippen LogP contribution in [0, 0.1) is 23.2 Å². The summed E-state index contributed by atoms with van der Waals surface area (Å²) in [4.78, 5) is 18.9. The predicted octanol–water partition coefficient (Wildman–Crippen LogP) is 3.82. The van der Waals surface area contributed by atoms with Gasteiger partial charge in [0, 0.05) is 37.2 Å².